The average Bonchev–Trinajstić information content (AvgIpc) is 4.13. The molecule has 3 N–H and O–H groups in total. The summed E-state index contributed by atoms with van der Waals surface area (Å²) in [5.74, 6) is 0. The second-order valence-electron chi connectivity index (χ2n) is 15.6. The van der Waals surface area contributed by atoms with Gasteiger partial charge in [0.25, 0.3) is 0 Å². The highest BCUT2D eigenvalue weighted by Crippen LogP contribution is 2.37. The first-order valence-electron chi connectivity index (χ1n) is 20.8. The number of hydrogen-bond acceptors (Lipinski definition) is 1. The van der Waals surface area contributed by atoms with Crippen molar-refractivity contribution in [3.63, 3.8) is 0 Å². The molecular weight excluding hydrogens is 741 g/mol. The lowest BCUT2D eigenvalue weighted by molar-refractivity contribution is 1.28. The molecule has 0 aliphatic carbocycles. The predicted octanol–water partition coefficient (Wildman–Crippen LogP) is 14.8. The Kier molecular flexibility index (Phi) is 11.1. The van der Waals surface area contributed by atoms with Crippen LogP contribution in [0, 0.1) is 20.8 Å². The molecule has 61 heavy (non-hydrogen) atoms. The largest absolute Gasteiger partial charge is 0.361 e. The van der Waals surface area contributed by atoms with E-state index in [0.717, 1.165) is 67.6 Å². The zero-order chi connectivity index (χ0) is 41.5. The molecule has 0 spiro atoms. The summed E-state index contributed by atoms with van der Waals surface area (Å²) in [5.41, 5.74) is 20.5. The molecule has 296 valence electrons. The van der Waals surface area contributed by atoms with Gasteiger partial charge in [-0.05, 0) is 145 Å². The van der Waals surface area contributed by atoms with Crippen molar-refractivity contribution in [1.29, 1.82) is 0 Å². The highest BCUT2D eigenvalue weighted by Gasteiger charge is 2.15. The molecule has 0 unspecified atom stereocenters. The quantitative estimate of drug-likeness (QED) is 0.106. The summed E-state index contributed by atoms with van der Waals surface area (Å²) in [7, 11) is 0. The lowest BCUT2D eigenvalue weighted by atomic mass is 9.98. The summed E-state index contributed by atoms with van der Waals surface area (Å²) >= 11 is 0. The van der Waals surface area contributed by atoms with Crippen molar-refractivity contribution in [1.82, 2.24) is 15.0 Å². The van der Waals surface area contributed by atoms with Crippen LogP contribution in [0.2, 0.25) is 0 Å². The number of aromatic nitrogens is 3. The Morgan fingerprint density at radius 3 is 0.820 bits per heavy atom. The van der Waals surface area contributed by atoms with Crippen LogP contribution < -0.4 is 4.90 Å². The Hall–Kier alpha value is -7.82. The summed E-state index contributed by atoms with van der Waals surface area (Å²) in [6.07, 6.45) is 12.7. The van der Waals surface area contributed by atoms with Crippen molar-refractivity contribution < 1.29 is 0 Å². The molecule has 0 aliphatic heterocycles. The second kappa shape index (κ2) is 17.6. The molecule has 0 aliphatic rings. The number of aryl methyl sites for hydroxylation is 3. The van der Waals surface area contributed by atoms with Gasteiger partial charge in [0.05, 0.1) is 0 Å². The first-order valence-corrected chi connectivity index (χ1v) is 20.8. The van der Waals surface area contributed by atoms with E-state index in [1.54, 1.807) is 0 Å². The maximum atomic E-state index is 3.43. The maximum Gasteiger partial charge on any atom is 0.0462 e. The van der Waals surface area contributed by atoms with Crippen molar-refractivity contribution in [2.24, 2.45) is 0 Å². The van der Waals surface area contributed by atoms with Crippen LogP contribution in [0.5, 0.6) is 0 Å². The van der Waals surface area contributed by atoms with Crippen LogP contribution in [0.25, 0.3) is 34.9 Å². The van der Waals surface area contributed by atoms with Crippen molar-refractivity contribution in [2.75, 3.05) is 4.90 Å². The first-order chi connectivity index (χ1) is 29.9. The van der Waals surface area contributed by atoms with E-state index in [0.29, 0.717) is 0 Å². The molecule has 3 heterocycles. The maximum absolute atomic E-state index is 3.43. The number of nitrogens with one attached hydrogen (secondary N) is 3. The molecule has 0 bridgehead atoms. The third kappa shape index (κ3) is 8.95. The van der Waals surface area contributed by atoms with E-state index in [9.17, 15) is 0 Å². The van der Waals surface area contributed by atoms with Crippen LogP contribution in [-0.4, -0.2) is 15.0 Å². The third-order valence-electron chi connectivity index (χ3n) is 11.1. The smallest absolute Gasteiger partial charge is 0.0462 e. The van der Waals surface area contributed by atoms with E-state index >= 15 is 0 Å². The Bertz CT molecular complexity index is 2560. The Labute approximate surface area is 358 Å². The van der Waals surface area contributed by atoms with Crippen LogP contribution in [0.1, 0.15) is 67.2 Å². The van der Waals surface area contributed by atoms with Crippen molar-refractivity contribution >= 4 is 52.0 Å². The first kappa shape index (κ1) is 38.7. The Morgan fingerprint density at radius 1 is 0.328 bits per heavy atom. The molecule has 9 rings (SSSR count). The molecule has 4 nitrogen and oxygen atoms in total. The molecule has 0 fully saturated rings. The zero-order valence-corrected chi connectivity index (χ0v) is 34.7. The standard InChI is InChI=1S/C57H48N4/c1-40-10-22-46(23-11-40)52(55-7-4-34-58-55)37-43-16-28-49(29-17-43)61(50-30-18-44(19-31-50)38-53(56-8-5-35-59-56)47-24-12-41(2)13-25-47)51-32-20-45(21-33-51)39-54(57-9-6-36-60-57)48-26-14-42(3)15-27-48/h4-39,58-60H,1-3H3/b52-37-,53-38-,54-39-. The van der Waals surface area contributed by atoms with Gasteiger partial charge in [0.2, 0.25) is 0 Å². The van der Waals surface area contributed by atoms with Crippen molar-refractivity contribution in [3.05, 3.63) is 268 Å². The van der Waals surface area contributed by atoms with Gasteiger partial charge in [0.15, 0.2) is 0 Å². The lowest BCUT2D eigenvalue weighted by Gasteiger charge is -2.26. The van der Waals surface area contributed by atoms with Gasteiger partial charge < -0.3 is 19.9 Å². The second-order valence-corrected chi connectivity index (χ2v) is 15.6. The molecule has 0 amide bonds. The van der Waals surface area contributed by atoms with E-state index in [2.05, 4.69) is 223 Å². The number of hydrogen-bond donors (Lipinski definition) is 3. The van der Waals surface area contributed by atoms with E-state index in [4.69, 9.17) is 0 Å². The number of benzene rings is 6. The van der Waals surface area contributed by atoms with Crippen molar-refractivity contribution in [2.45, 2.75) is 20.8 Å². The van der Waals surface area contributed by atoms with Gasteiger partial charge in [-0.3, -0.25) is 0 Å². The van der Waals surface area contributed by atoms with Gasteiger partial charge in [0.1, 0.15) is 0 Å². The Balaban J connectivity index is 1.09. The predicted molar refractivity (Wildman–Crippen MR) is 258 cm³/mol. The molecule has 0 atom stereocenters. The van der Waals surface area contributed by atoms with Gasteiger partial charge in [-0.2, -0.15) is 0 Å². The highest BCUT2D eigenvalue weighted by molar-refractivity contribution is 5.93. The number of aromatic amines is 3. The van der Waals surface area contributed by atoms with Crippen LogP contribution in [0.4, 0.5) is 17.1 Å². The van der Waals surface area contributed by atoms with E-state index < -0.39 is 0 Å². The van der Waals surface area contributed by atoms with Gasteiger partial charge in [-0.1, -0.05) is 126 Å². The van der Waals surface area contributed by atoms with E-state index in [-0.39, 0.29) is 0 Å². The summed E-state index contributed by atoms with van der Waals surface area (Å²) < 4.78 is 0. The lowest BCUT2D eigenvalue weighted by Crippen LogP contribution is -2.09. The molecule has 9 aromatic rings. The number of H-pyrrole nitrogens is 3. The molecule has 4 heteroatoms. The molecule has 6 aromatic carbocycles. The summed E-state index contributed by atoms with van der Waals surface area (Å²) in [6.45, 7) is 6.37. The number of nitrogens with zero attached hydrogens (tertiary/aromatic N) is 1. The molecule has 3 aromatic heterocycles. The van der Waals surface area contributed by atoms with Gasteiger partial charge in [-0.15, -0.1) is 0 Å². The van der Waals surface area contributed by atoms with Crippen LogP contribution in [0.3, 0.4) is 0 Å². The fraction of sp³-hybridized carbons (Fsp3) is 0.0526. The monoisotopic (exact) mass is 788 g/mol. The minimum Gasteiger partial charge on any atom is -0.361 e. The molecule has 0 radical (unpaired) electrons. The molecule has 0 saturated heterocycles. The molecular formula is C57H48N4. The number of anilines is 3. The van der Waals surface area contributed by atoms with Crippen LogP contribution in [-0.2, 0) is 0 Å². The number of rotatable bonds is 12. The SMILES string of the molecule is Cc1ccc(/C(=C/c2ccc(N(c3ccc(/C=C(/c4ccc(C)cc4)c4ccc[nH]4)cc3)c3ccc(/C=C(/c4ccc(C)cc4)c4ccc[nH]4)cc3)cc2)c2ccc[nH]2)cc1. The average molecular weight is 789 g/mol. The summed E-state index contributed by atoms with van der Waals surface area (Å²) in [6, 6.07) is 65.3. The zero-order valence-electron chi connectivity index (χ0n) is 34.7. The van der Waals surface area contributed by atoms with E-state index in [1.807, 2.05) is 36.8 Å². The van der Waals surface area contributed by atoms with Gasteiger partial charge in [0, 0.05) is 69.5 Å². The van der Waals surface area contributed by atoms with Gasteiger partial charge in [-0.25, -0.2) is 0 Å². The van der Waals surface area contributed by atoms with Crippen LogP contribution in [0.15, 0.2) is 201 Å². The molecule has 0 saturated carbocycles. The highest BCUT2D eigenvalue weighted by atomic mass is 15.1. The summed E-state index contributed by atoms with van der Waals surface area (Å²) in [4.78, 5) is 12.6. The minimum absolute atomic E-state index is 1.07. The van der Waals surface area contributed by atoms with E-state index in [1.165, 1.54) is 33.4 Å². The third-order valence-corrected chi connectivity index (χ3v) is 11.1. The van der Waals surface area contributed by atoms with Gasteiger partial charge >= 0.3 is 0 Å². The topological polar surface area (TPSA) is 50.6 Å². The summed E-state index contributed by atoms with van der Waals surface area (Å²) in [5, 5.41) is 0. The van der Waals surface area contributed by atoms with Crippen LogP contribution >= 0.6 is 0 Å². The Morgan fingerprint density at radius 2 is 0.590 bits per heavy atom. The fourth-order valence-corrected chi connectivity index (χ4v) is 7.75. The fourth-order valence-electron chi connectivity index (χ4n) is 7.75. The minimum atomic E-state index is 1.07. The normalized spacial score (nSPS) is 12.1. The van der Waals surface area contributed by atoms with Crippen molar-refractivity contribution in [3.8, 4) is 0 Å².